The van der Waals surface area contributed by atoms with Gasteiger partial charge in [-0.3, -0.25) is 4.79 Å². The molecule has 1 aliphatic heterocycles. The summed E-state index contributed by atoms with van der Waals surface area (Å²) < 4.78 is 23.0. The van der Waals surface area contributed by atoms with Gasteiger partial charge in [0.2, 0.25) is 0 Å². The third-order valence-electron chi connectivity index (χ3n) is 2.31. The van der Waals surface area contributed by atoms with Gasteiger partial charge in [0.05, 0.1) is 16.6 Å². The van der Waals surface area contributed by atoms with E-state index in [0.29, 0.717) is 5.56 Å². The van der Waals surface area contributed by atoms with Gasteiger partial charge in [-0.05, 0) is 11.6 Å². The molecule has 1 N–H and O–H groups in total. The first-order chi connectivity index (χ1) is 6.52. The molecule has 0 spiro atoms. The molecule has 1 aliphatic rings. The maximum atomic E-state index is 11.5. The minimum atomic E-state index is -3.38. The zero-order valence-corrected chi connectivity index (χ0v) is 7.99. The van der Waals surface area contributed by atoms with Crippen molar-refractivity contribution >= 4 is 15.8 Å². The fourth-order valence-electron chi connectivity index (χ4n) is 1.65. The standard InChI is InChI=1S/C9H8O4S/c10-9(11)7-5-14(12,13)8-4-2-1-3-6(7)8/h1-4,7H,5H2,(H,10,11)/t7-/m1/s1. The summed E-state index contributed by atoms with van der Waals surface area (Å²) in [6.45, 7) is 0. The summed E-state index contributed by atoms with van der Waals surface area (Å²) in [6.07, 6.45) is 0. The van der Waals surface area contributed by atoms with E-state index in [4.69, 9.17) is 5.11 Å². The van der Waals surface area contributed by atoms with Crippen molar-refractivity contribution in [3.8, 4) is 0 Å². The lowest BCUT2D eigenvalue weighted by molar-refractivity contribution is -0.138. The van der Waals surface area contributed by atoms with Crippen molar-refractivity contribution in [2.45, 2.75) is 10.8 Å². The van der Waals surface area contributed by atoms with E-state index in [2.05, 4.69) is 0 Å². The number of sulfone groups is 1. The van der Waals surface area contributed by atoms with E-state index in [0.717, 1.165) is 0 Å². The zero-order chi connectivity index (χ0) is 10.3. The summed E-state index contributed by atoms with van der Waals surface area (Å²) in [5, 5.41) is 8.83. The van der Waals surface area contributed by atoms with E-state index in [1.807, 2.05) is 0 Å². The summed E-state index contributed by atoms with van der Waals surface area (Å²) in [4.78, 5) is 10.9. The lowest BCUT2D eigenvalue weighted by atomic mass is 10.0. The summed E-state index contributed by atoms with van der Waals surface area (Å²) >= 11 is 0. The van der Waals surface area contributed by atoms with Gasteiger partial charge in [-0.25, -0.2) is 8.42 Å². The van der Waals surface area contributed by atoms with Crippen molar-refractivity contribution < 1.29 is 18.3 Å². The molecule has 0 fully saturated rings. The van der Waals surface area contributed by atoms with Crippen LogP contribution in [0.15, 0.2) is 29.2 Å². The molecule has 2 rings (SSSR count). The average Bonchev–Trinajstić information content (AvgIpc) is 2.40. The number of carbonyl (C=O) groups is 1. The van der Waals surface area contributed by atoms with Gasteiger partial charge in [0, 0.05) is 0 Å². The number of rotatable bonds is 1. The molecule has 0 unspecified atom stereocenters. The first-order valence-electron chi connectivity index (χ1n) is 4.07. The Kier molecular flexibility index (Phi) is 1.85. The Bertz CT molecular complexity index is 489. The second kappa shape index (κ2) is 2.81. The first kappa shape index (κ1) is 9.21. The van der Waals surface area contributed by atoms with Crippen LogP contribution in [-0.4, -0.2) is 25.2 Å². The molecule has 1 aromatic rings. The van der Waals surface area contributed by atoms with Crippen LogP contribution in [-0.2, 0) is 14.6 Å². The van der Waals surface area contributed by atoms with Gasteiger partial charge < -0.3 is 5.11 Å². The molecular formula is C9H8O4S. The van der Waals surface area contributed by atoms with Crippen molar-refractivity contribution in [1.82, 2.24) is 0 Å². The minimum Gasteiger partial charge on any atom is -0.481 e. The normalized spacial score (nSPS) is 23.0. The fourth-order valence-corrected chi connectivity index (χ4v) is 3.45. The number of aliphatic carboxylic acids is 1. The number of carboxylic acid groups (broad SMARTS) is 1. The lowest BCUT2D eigenvalue weighted by Crippen LogP contribution is -2.13. The fraction of sp³-hybridized carbons (Fsp3) is 0.222. The van der Waals surface area contributed by atoms with Crippen LogP contribution < -0.4 is 0 Å². The van der Waals surface area contributed by atoms with E-state index in [-0.39, 0.29) is 10.6 Å². The van der Waals surface area contributed by atoms with E-state index < -0.39 is 21.7 Å². The predicted molar refractivity (Wildman–Crippen MR) is 48.9 cm³/mol. The summed E-state index contributed by atoms with van der Waals surface area (Å²) in [5.41, 5.74) is 0.403. The molecule has 74 valence electrons. The van der Waals surface area contributed by atoms with Gasteiger partial charge in [-0.1, -0.05) is 18.2 Å². The van der Waals surface area contributed by atoms with E-state index in [1.54, 1.807) is 18.2 Å². The van der Waals surface area contributed by atoms with Gasteiger partial charge in [-0.15, -0.1) is 0 Å². The first-order valence-corrected chi connectivity index (χ1v) is 5.72. The van der Waals surface area contributed by atoms with Crippen LogP contribution in [0.1, 0.15) is 11.5 Å². The predicted octanol–water partition coefficient (Wildman–Crippen LogP) is 0.642. The Hall–Kier alpha value is -1.36. The number of hydrogen-bond donors (Lipinski definition) is 1. The number of carboxylic acids is 1. The minimum absolute atomic E-state index is 0.160. The quantitative estimate of drug-likeness (QED) is 0.741. The molecule has 0 saturated heterocycles. The number of benzene rings is 1. The van der Waals surface area contributed by atoms with Crippen LogP contribution in [0.3, 0.4) is 0 Å². The molecule has 1 aromatic carbocycles. The molecule has 0 bridgehead atoms. The van der Waals surface area contributed by atoms with Crippen LogP contribution in [0.2, 0.25) is 0 Å². The monoisotopic (exact) mass is 212 g/mol. The van der Waals surface area contributed by atoms with Crippen LogP contribution >= 0.6 is 0 Å². The molecule has 1 atom stereocenters. The smallest absolute Gasteiger partial charge is 0.312 e. The molecule has 0 radical (unpaired) electrons. The van der Waals surface area contributed by atoms with Crippen LogP contribution in [0, 0.1) is 0 Å². The van der Waals surface area contributed by atoms with Gasteiger partial charge >= 0.3 is 5.97 Å². The summed E-state index contributed by atoms with van der Waals surface area (Å²) in [6, 6.07) is 6.25. The van der Waals surface area contributed by atoms with Crippen LogP contribution in [0.5, 0.6) is 0 Å². The highest BCUT2D eigenvalue weighted by Gasteiger charge is 2.38. The Morgan fingerprint density at radius 1 is 1.36 bits per heavy atom. The summed E-state index contributed by atoms with van der Waals surface area (Å²) in [5.74, 6) is -2.31. The Labute approximate surface area is 81.1 Å². The SMILES string of the molecule is O=C(O)[C@@H]1CS(=O)(=O)c2ccccc21. The van der Waals surface area contributed by atoms with Crippen molar-refractivity contribution in [2.24, 2.45) is 0 Å². The average molecular weight is 212 g/mol. The zero-order valence-electron chi connectivity index (χ0n) is 7.17. The molecule has 4 nitrogen and oxygen atoms in total. The maximum Gasteiger partial charge on any atom is 0.312 e. The molecular weight excluding hydrogens is 204 g/mol. The second-order valence-corrected chi connectivity index (χ2v) is 5.21. The van der Waals surface area contributed by atoms with Gasteiger partial charge in [0.15, 0.2) is 9.84 Å². The molecule has 0 aliphatic carbocycles. The van der Waals surface area contributed by atoms with Crippen molar-refractivity contribution in [3.63, 3.8) is 0 Å². The highest BCUT2D eigenvalue weighted by molar-refractivity contribution is 7.91. The van der Waals surface area contributed by atoms with Gasteiger partial charge in [-0.2, -0.15) is 0 Å². The Morgan fingerprint density at radius 3 is 2.64 bits per heavy atom. The van der Waals surface area contributed by atoms with Crippen LogP contribution in [0.4, 0.5) is 0 Å². The third kappa shape index (κ3) is 1.21. The van der Waals surface area contributed by atoms with Gasteiger partial charge in [0.25, 0.3) is 0 Å². The van der Waals surface area contributed by atoms with E-state index in [1.165, 1.54) is 6.07 Å². The highest BCUT2D eigenvalue weighted by Crippen LogP contribution is 2.34. The van der Waals surface area contributed by atoms with Crippen molar-refractivity contribution in [3.05, 3.63) is 29.8 Å². The number of hydrogen-bond acceptors (Lipinski definition) is 3. The topological polar surface area (TPSA) is 71.4 Å². The van der Waals surface area contributed by atoms with Crippen molar-refractivity contribution in [1.29, 1.82) is 0 Å². The molecule has 0 amide bonds. The molecule has 5 heteroatoms. The van der Waals surface area contributed by atoms with Crippen LogP contribution in [0.25, 0.3) is 0 Å². The molecule has 0 aromatic heterocycles. The molecule has 1 heterocycles. The highest BCUT2D eigenvalue weighted by atomic mass is 32.2. The second-order valence-electron chi connectivity index (χ2n) is 3.21. The van der Waals surface area contributed by atoms with Crippen molar-refractivity contribution in [2.75, 3.05) is 5.75 Å². The Balaban J connectivity index is 2.66. The van der Waals surface area contributed by atoms with Gasteiger partial charge in [0.1, 0.15) is 0 Å². The lowest BCUT2D eigenvalue weighted by Gasteiger charge is -2.01. The largest absolute Gasteiger partial charge is 0.481 e. The third-order valence-corrected chi connectivity index (χ3v) is 4.13. The molecule has 0 saturated carbocycles. The Morgan fingerprint density at radius 2 is 2.00 bits per heavy atom. The van der Waals surface area contributed by atoms with E-state index >= 15 is 0 Å². The maximum absolute atomic E-state index is 11.5. The molecule has 14 heavy (non-hydrogen) atoms. The summed E-state index contributed by atoms with van der Waals surface area (Å²) in [7, 11) is -3.38. The van der Waals surface area contributed by atoms with E-state index in [9.17, 15) is 13.2 Å². The number of fused-ring (bicyclic) bond motifs is 1.